The fraction of sp³-hybridized carbons (Fsp3) is 0.250. The molecule has 0 atom stereocenters. The predicted molar refractivity (Wildman–Crippen MR) is 91.8 cm³/mol. The number of nitrogens with one attached hydrogen (secondary N) is 3. The first-order valence-corrected chi connectivity index (χ1v) is 7.75. The van der Waals surface area contributed by atoms with E-state index in [0.717, 1.165) is 5.56 Å². The van der Waals surface area contributed by atoms with Crippen LogP contribution in [0.3, 0.4) is 0 Å². The largest absolute Gasteiger partial charge is 0.373 e. The predicted octanol–water partition coefficient (Wildman–Crippen LogP) is 1.61. The monoisotopic (exact) mass is 347 g/mol. The second-order valence-corrected chi connectivity index (χ2v) is 5.34. The van der Waals surface area contributed by atoms with Crippen molar-refractivity contribution in [2.75, 3.05) is 18.9 Å². The third-order valence-electron chi connectivity index (χ3n) is 3.19. The highest BCUT2D eigenvalue weighted by molar-refractivity contribution is 6.29. The molecule has 0 spiro atoms. The number of rotatable bonds is 7. The van der Waals surface area contributed by atoms with Crippen LogP contribution in [0.15, 0.2) is 36.7 Å². The van der Waals surface area contributed by atoms with Crippen LogP contribution in [0.1, 0.15) is 22.3 Å². The van der Waals surface area contributed by atoms with E-state index in [1.54, 1.807) is 25.5 Å². The molecule has 0 aromatic carbocycles. The van der Waals surface area contributed by atoms with Crippen molar-refractivity contribution >= 4 is 29.2 Å². The number of carbonyl (C=O) groups is 2. The summed E-state index contributed by atoms with van der Waals surface area (Å²) in [7, 11) is 1.69. The fourth-order valence-corrected chi connectivity index (χ4v) is 2.15. The van der Waals surface area contributed by atoms with Crippen molar-refractivity contribution in [3.05, 3.63) is 52.9 Å². The zero-order valence-electron chi connectivity index (χ0n) is 13.2. The molecule has 8 heteroatoms. The van der Waals surface area contributed by atoms with E-state index >= 15 is 0 Å². The Hall–Kier alpha value is -2.67. The Bertz CT molecular complexity index is 709. The smallest absolute Gasteiger partial charge is 0.251 e. The topological polar surface area (TPSA) is 96.0 Å². The van der Waals surface area contributed by atoms with Gasteiger partial charge in [-0.2, -0.15) is 0 Å². The van der Waals surface area contributed by atoms with Gasteiger partial charge < -0.3 is 16.0 Å². The number of hydrogen-bond acceptors (Lipinski definition) is 5. The fourth-order valence-electron chi connectivity index (χ4n) is 1.94. The molecule has 0 bridgehead atoms. The van der Waals surface area contributed by atoms with Crippen LogP contribution in [0.4, 0.5) is 5.82 Å². The second kappa shape index (κ2) is 8.83. The molecule has 2 aromatic heterocycles. The average Bonchev–Trinajstić information content (AvgIpc) is 2.60. The van der Waals surface area contributed by atoms with Gasteiger partial charge in [0.05, 0.1) is 0 Å². The van der Waals surface area contributed by atoms with Crippen molar-refractivity contribution in [2.45, 2.75) is 13.0 Å². The van der Waals surface area contributed by atoms with Gasteiger partial charge in [-0.25, -0.2) is 4.98 Å². The molecule has 126 valence electrons. The minimum atomic E-state index is -0.308. The molecule has 2 aromatic rings. The van der Waals surface area contributed by atoms with Gasteiger partial charge in [0.1, 0.15) is 11.0 Å². The lowest BCUT2D eigenvalue weighted by atomic mass is 10.2. The van der Waals surface area contributed by atoms with Crippen molar-refractivity contribution < 1.29 is 9.59 Å². The molecule has 0 radical (unpaired) electrons. The summed E-state index contributed by atoms with van der Waals surface area (Å²) in [6, 6.07) is 6.72. The number of nitrogens with zero attached hydrogens (tertiary/aromatic N) is 2. The Labute approximate surface area is 144 Å². The number of hydrogen-bond donors (Lipinski definition) is 3. The molecular formula is C16H18ClN5O2. The maximum atomic E-state index is 12.1. The maximum absolute atomic E-state index is 12.1. The lowest BCUT2D eigenvalue weighted by molar-refractivity contribution is -0.121. The zero-order chi connectivity index (χ0) is 17.4. The highest BCUT2D eigenvalue weighted by atomic mass is 35.5. The molecule has 0 aliphatic rings. The summed E-state index contributed by atoms with van der Waals surface area (Å²) < 4.78 is 0. The highest BCUT2D eigenvalue weighted by Gasteiger charge is 2.09. The average molecular weight is 348 g/mol. The Balaban J connectivity index is 1.76. The van der Waals surface area contributed by atoms with Crippen molar-refractivity contribution in [1.82, 2.24) is 20.6 Å². The summed E-state index contributed by atoms with van der Waals surface area (Å²) in [5.74, 6) is 0.0521. The molecule has 2 heterocycles. The number of halogens is 1. The van der Waals surface area contributed by atoms with E-state index in [9.17, 15) is 9.59 Å². The molecule has 0 aliphatic heterocycles. The molecular weight excluding hydrogens is 330 g/mol. The van der Waals surface area contributed by atoms with Crippen LogP contribution in [0.5, 0.6) is 0 Å². The summed E-state index contributed by atoms with van der Waals surface area (Å²) >= 11 is 5.86. The first-order chi connectivity index (χ1) is 11.6. The van der Waals surface area contributed by atoms with E-state index in [4.69, 9.17) is 11.6 Å². The van der Waals surface area contributed by atoms with Crippen LogP contribution in [-0.4, -0.2) is 35.4 Å². The second-order valence-electron chi connectivity index (χ2n) is 4.95. The van der Waals surface area contributed by atoms with Crippen molar-refractivity contribution in [2.24, 2.45) is 0 Å². The van der Waals surface area contributed by atoms with E-state index in [-0.39, 0.29) is 29.9 Å². The minimum absolute atomic E-state index is 0.143. The highest BCUT2D eigenvalue weighted by Crippen LogP contribution is 2.13. The summed E-state index contributed by atoms with van der Waals surface area (Å²) in [5, 5.41) is 8.51. The van der Waals surface area contributed by atoms with Crippen molar-refractivity contribution in [3.63, 3.8) is 0 Å². The van der Waals surface area contributed by atoms with Gasteiger partial charge in [0.25, 0.3) is 5.91 Å². The van der Waals surface area contributed by atoms with Gasteiger partial charge >= 0.3 is 0 Å². The lowest BCUT2D eigenvalue weighted by Gasteiger charge is -2.08. The maximum Gasteiger partial charge on any atom is 0.251 e. The third-order valence-corrected chi connectivity index (χ3v) is 3.38. The Morgan fingerprint density at radius 3 is 2.62 bits per heavy atom. The molecule has 0 unspecified atom stereocenters. The summed E-state index contributed by atoms with van der Waals surface area (Å²) in [5.41, 5.74) is 1.35. The Morgan fingerprint density at radius 2 is 1.92 bits per heavy atom. The number of amides is 2. The van der Waals surface area contributed by atoms with Gasteiger partial charge in [0.15, 0.2) is 0 Å². The molecule has 0 fully saturated rings. The zero-order valence-corrected chi connectivity index (χ0v) is 13.9. The summed E-state index contributed by atoms with van der Waals surface area (Å²) in [4.78, 5) is 31.7. The molecule has 2 amide bonds. The van der Waals surface area contributed by atoms with Gasteiger partial charge in [-0.3, -0.25) is 14.6 Å². The third kappa shape index (κ3) is 5.51. The summed E-state index contributed by atoms with van der Waals surface area (Å²) in [6.45, 7) is 0.663. The van der Waals surface area contributed by atoms with Crippen LogP contribution in [-0.2, 0) is 11.3 Å². The van der Waals surface area contributed by atoms with Gasteiger partial charge in [-0.1, -0.05) is 11.6 Å². The molecule has 7 nitrogen and oxygen atoms in total. The molecule has 3 N–H and O–H groups in total. The van der Waals surface area contributed by atoms with Crippen LogP contribution < -0.4 is 16.0 Å². The van der Waals surface area contributed by atoms with E-state index < -0.39 is 0 Å². The molecule has 0 aliphatic carbocycles. The van der Waals surface area contributed by atoms with Gasteiger partial charge in [-0.15, -0.1) is 0 Å². The van der Waals surface area contributed by atoms with Gasteiger partial charge in [0, 0.05) is 44.5 Å². The Morgan fingerprint density at radius 1 is 1.17 bits per heavy atom. The number of aromatic nitrogens is 2. The van der Waals surface area contributed by atoms with Crippen molar-refractivity contribution in [1.29, 1.82) is 0 Å². The number of anilines is 1. The number of carbonyl (C=O) groups excluding carboxylic acids is 2. The number of pyridine rings is 2. The first-order valence-electron chi connectivity index (χ1n) is 7.37. The Kier molecular flexibility index (Phi) is 6.51. The summed E-state index contributed by atoms with van der Waals surface area (Å²) in [6.07, 6.45) is 3.52. The SMILES string of the molecule is CNc1cc(C(=O)NCCC(=O)NCc2ccncc2)cc(Cl)n1. The van der Waals surface area contributed by atoms with Crippen LogP contribution in [0.2, 0.25) is 5.15 Å². The van der Waals surface area contributed by atoms with Crippen LogP contribution in [0.25, 0.3) is 0 Å². The minimum Gasteiger partial charge on any atom is -0.373 e. The molecule has 0 saturated heterocycles. The molecule has 2 rings (SSSR count). The quantitative estimate of drug-likeness (QED) is 0.661. The normalized spacial score (nSPS) is 10.1. The lowest BCUT2D eigenvalue weighted by Crippen LogP contribution is -2.30. The van der Waals surface area contributed by atoms with Crippen LogP contribution >= 0.6 is 11.6 Å². The van der Waals surface area contributed by atoms with Gasteiger partial charge in [-0.05, 0) is 29.8 Å². The van der Waals surface area contributed by atoms with Gasteiger partial charge in [0.2, 0.25) is 5.91 Å². The standard InChI is InChI=1S/C16H18ClN5O2/c1-18-14-9-12(8-13(17)22-14)16(24)20-7-4-15(23)21-10-11-2-5-19-6-3-11/h2-3,5-6,8-9H,4,7,10H2,1H3,(H,18,22)(H,20,24)(H,21,23). The van der Waals surface area contributed by atoms with Crippen LogP contribution in [0, 0.1) is 0 Å². The van der Waals surface area contributed by atoms with E-state index in [1.165, 1.54) is 6.07 Å². The molecule has 0 saturated carbocycles. The first kappa shape index (κ1) is 17.7. The van der Waals surface area contributed by atoms with E-state index in [0.29, 0.717) is 17.9 Å². The van der Waals surface area contributed by atoms with E-state index in [1.807, 2.05) is 12.1 Å². The van der Waals surface area contributed by atoms with E-state index in [2.05, 4.69) is 25.9 Å². The molecule has 24 heavy (non-hydrogen) atoms. The van der Waals surface area contributed by atoms with Crippen molar-refractivity contribution in [3.8, 4) is 0 Å².